The predicted molar refractivity (Wildman–Crippen MR) is 106 cm³/mol. The second-order valence-corrected chi connectivity index (χ2v) is 7.82. The van der Waals surface area contributed by atoms with Gasteiger partial charge in [-0.2, -0.15) is 0 Å². The number of nitrogens with zero attached hydrogens (tertiary/aromatic N) is 2. The minimum absolute atomic E-state index is 0.0908. The van der Waals surface area contributed by atoms with Crippen molar-refractivity contribution in [3.05, 3.63) is 35.4 Å². The molecule has 0 bridgehead atoms. The second kappa shape index (κ2) is 9.49. The molecule has 1 aromatic rings. The van der Waals surface area contributed by atoms with Crippen molar-refractivity contribution in [1.29, 1.82) is 0 Å². The number of nitrogens with two attached hydrogens (primary N) is 1. The highest BCUT2D eigenvalue weighted by Gasteiger charge is 2.25. The monoisotopic (exact) mass is 358 g/mol. The molecule has 2 aliphatic rings. The van der Waals surface area contributed by atoms with E-state index in [9.17, 15) is 4.79 Å². The van der Waals surface area contributed by atoms with E-state index < -0.39 is 0 Å². The first-order valence-electron chi connectivity index (χ1n) is 10.2. The summed E-state index contributed by atoms with van der Waals surface area (Å²) in [6.45, 7) is 9.50. The molecule has 26 heavy (non-hydrogen) atoms. The van der Waals surface area contributed by atoms with Crippen LogP contribution in [-0.2, 0) is 17.9 Å². The summed E-state index contributed by atoms with van der Waals surface area (Å²) in [4.78, 5) is 17.5. The van der Waals surface area contributed by atoms with E-state index in [0.29, 0.717) is 6.54 Å². The fourth-order valence-corrected chi connectivity index (χ4v) is 4.18. The van der Waals surface area contributed by atoms with Crippen LogP contribution in [0.1, 0.15) is 43.7 Å². The van der Waals surface area contributed by atoms with Crippen molar-refractivity contribution in [1.82, 2.24) is 15.1 Å². The number of carbonyl (C=O) groups is 1. The third kappa shape index (κ3) is 5.29. The standard InChI is InChI=1S/C21H34N4O/c1-2-24-10-12-25(13-11-24)16-19-7-4-3-6-18(19)15-23-21(26)17-8-5-9-20(22)14-17/h3-4,6-7,17,20H,2,5,8-16,22H2,1H3,(H,23,26). The molecular formula is C21H34N4O. The molecule has 1 saturated heterocycles. The maximum Gasteiger partial charge on any atom is 0.223 e. The van der Waals surface area contributed by atoms with Crippen LogP contribution in [-0.4, -0.2) is 54.5 Å². The van der Waals surface area contributed by atoms with Crippen molar-refractivity contribution in [2.24, 2.45) is 11.7 Å². The average Bonchev–Trinajstić information content (AvgIpc) is 2.67. The Balaban J connectivity index is 1.53. The Morgan fingerprint density at radius 1 is 1.12 bits per heavy atom. The molecule has 1 amide bonds. The van der Waals surface area contributed by atoms with Crippen LogP contribution in [0.25, 0.3) is 0 Å². The highest BCUT2D eigenvalue weighted by Crippen LogP contribution is 2.23. The van der Waals surface area contributed by atoms with Crippen LogP contribution in [0, 0.1) is 5.92 Å². The minimum atomic E-state index is 0.0908. The van der Waals surface area contributed by atoms with Crippen LogP contribution >= 0.6 is 0 Å². The third-order valence-corrected chi connectivity index (χ3v) is 5.96. The van der Waals surface area contributed by atoms with E-state index in [2.05, 4.69) is 46.3 Å². The van der Waals surface area contributed by atoms with Gasteiger partial charge in [0, 0.05) is 51.2 Å². The second-order valence-electron chi connectivity index (χ2n) is 7.82. The summed E-state index contributed by atoms with van der Waals surface area (Å²) in [5.74, 6) is 0.263. The summed E-state index contributed by atoms with van der Waals surface area (Å²) < 4.78 is 0. The molecule has 1 aliphatic carbocycles. The molecule has 0 radical (unpaired) electrons. The first-order chi connectivity index (χ1) is 12.7. The van der Waals surface area contributed by atoms with Gasteiger partial charge in [0.2, 0.25) is 5.91 Å². The lowest BCUT2D eigenvalue weighted by Gasteiger charge is -2.34. The Bertz CT molecular complexity index is 583. The van der Waals surface area contributed by atoms with Crippen LogP contribution < -0.4 is 11.1 Å². The first kappa shape index (κ1) is 19.3. The Kier molecular flexibility index (Phi) is 7.06. The molecule has 1 aromatic carbocycles. The van der Waals surface area contributed by atoms with Gasteiger partial charge in [0.05, 0.1) is 0 Å². The molecule has 0 spiro atoms. The fraction of sp³-hybridized carbons (Fsp3) is 0.667. The molecular weight excluding hydrogens is 324 g/mol. The van der Waals surface area contributed by atoms with Crippen LogP contribution in [0.5, 0.6) is 0 Å². The predicted octanol–water partition coefficient (Wildman–Crippen LogP) is 1.96. The summed E-state index contributed by atoms with van der Waals surface area (Å²) in [5, 5.41) is 3.16. The Morgan fingerprint density at radius 2 is 1.81 bits per heavy atom. The molecule has 2 atom stereocenters. The molecule has 2 unspecified atom stereocenters. The van der Waals surface area contributed by atoms with E-state index in [0.717, 1.165) is 65.0 Å². The number of nitrogens with one attached hydrogen (secondary N) is 1. The number of hydrogen-bond donors (Lipinski definition) is 2. The lowest BCUT2D eigenvalue weighted by atomic mass is 9.85. The maximum absolute atomic E-state index is 12.5. The van der Waals surface area contributed by atoms with E-state index in [1.807, 2.05) is 0 Å². The maximum atomic E-state index is 12.5. The normalized spacial score (nSPS) is 25.2. The SMILES string of the molecule is CCN1CCN(Cc2ccccc2CNC(=O)C2CCCC(N)C2)CC1. The Morgan fingerprint density at radius 3 is 2.50 bits per heavy atom. The van der Waals surface area contributed by atoms with E-state index in [-0.39, 0.29) is 17.9 Å². The number of rotatable bonds is 6. The smallest absolute Gasteiger partial charge is 0.223 e. The highest BCUT2D eigenvalue weighted by atomic mass is 16.1. The van der Waals surface area contributed by atoms with Crippen LogP contribution in [0.4, 0.5) is 0 Å². The molecule has 1 aliphatic heterocycles. The Hall–Kier alpha value is -1.43. The van der Waals surface area contributed by atoms with Gasteiger partial charge in [-0.25, -0.2) is 0 Å². The van der Waals surface area contributed by atoms with Crippen molar-refractivity contribution in [2.75, 3.05) is 32.7 Å². The summed E-state index contributed by atoms with van der Waals surface area (Å²) >= 11 is 0. The Labute approximate surface area is 157 Å². The van der Waals surface area contributed by atoms with E-state index >= 15 is 0 Å². The van der Waals surface area contributed by atoms with Gasteiger partial charge < -0.3 is 16.0 Å². The number of amides is 1. The van der Waals surface area contributed by atoms with Gasteiger partial charge in [0.1, 0.15) is 0 Å². The lowest BCUT2D eigenvalue weighted by Crippen LogP contribution is -2.45. The number of likely N-dealkylation sites (N-methyl/N-ethyl adjacent to an activating group) is 1. The van der Waals surface area contributed by atoms with Crippen molar-refractivity contribution < 1.29 is 4.79 Å². The van der Waals surface area contributed by atoms with Gasteiger partial charge >= 0.3 is 0 Å². The fourth-order valence-electron chi connectivity index (χ4n) is 4.18. The van der Waals surface area contributed by atoms with Gasteiger partial charge in [-0.3, -0.25) is 9.69 Å². The number of hydrogen-bond acceptors (Lipinski definition) is 4. The molecule has 1 saturated carbocycles. The first-order valence-corrected chi connectivity index (χ1v) is 10.2. The van der Waals surface area contributed by atoms with Gasteiger partial charge in [0.15, 0.2) is 0 Å². The van der Waals surface area contributed by atoms with Gasteiger partial charge in [-0.15, -0.1) is 0 Å². The number of benzene rings is 1. The minimum Gasteiger partial charge on any atom is -0.352 e. The highest BCUT2D eigenvalue weighted by molar-refractivity contribution is 5.78. The van der Waals surface area contributed by atoms with E-state index in [1.54, 1.807) is 0 Å². The summed E-state index contributed by atoms with van der Waals surface area (Å²) in [7, 11) is 0. The zero-order chi connectivity index (χ0) is 18.4. The largest absolute Gasteiger partial charge is 0.352 e. The number of carbonyl (C=O) groups excluding carboxylic acids is 1. The number of piperazine rings is 1. The van der Waals surface area contributed by atoms with Gasteiger partial charge in [-0.1, -0.05) is 37.6 Å². The quantitative estimate of drug-likeness (QED) is 0.816. The third-order valence-electron chi connectivity index (χ3n) is 5.96. The zero-order valence-corrected chi connectivity index (χ0v) is 16.1. The zero-order valence-electron chi connectivity index (χ0n) is 16.1. The van der Waals surface area contributed by atoms with Crippen molar-refractivity contribution in [2.45, 2.75) is 51.7 Å². The molecule has 1 heterocycles. The summed E-state index contributed by atoms with van der Waals surface area (Å²) in [5.41, 5.74) is 8.60. The van der Waals surface area contributed by atoms with Gasteiger partial charge in [-0.05, 0) is 36.9 Å². The summed E-state index contributed by atoms with van der Waals surface area (Å²) in [6, 6.07) is 8.70. The van der Waals surface area contributed by atoms with Crippen molar-refractivity contribution >= 4 is 5.91 Å². The molecule has 3 rings (SSSR count). The van der Waals surface area contributed by atoms with Gasteiger partial charge in [0.25, 0.3) is 0 Å². The van der Waals surface area contributed by atoms with Crippen LogP contribution in [0.15, 0.2) is 24.3 Å². The van der Waals surface area contributed by atoms with E-state index in [1.165, 1.54) is 11.1 Å². The molecule has 5 nitrogen and oxygen atoms in total. The van der Waals surface area contributed by atoms with Crippen LogP contribution in [0.3, 0.4) is 0 Å². The molecule has 5 heteroatoms. The van der Waals surface area contributed by atoms with Crippen molar-refractivity contribution in [3.8, 4) is 0 Å². The topological polar surface area (TPSA) is 61.6 Å². The van der Waals surface area contributed by atoms with Crippen LogP contribution in [0.2, 0.25) is 0 Å². The molecule has 3 N–H and O–H groups in total. The molecule has 144 valence electrons. The summed E-state index contributed by atoms with van der Waals surface area (Å²) in [6.07, 6.45) is 3.93. The van der Waals surface area contributed by atoms with E-state index in [4.69, 9.17) is 5.73 Å². The van der Waals surface area contributed by atoms with Crippen molar-refractivity contribution in [3.63, 3.8) is 0 Å². The molecule has 0 aromatic heterocycles. The average molecular weight is 359 g/mol. The lowest BCUT2D eigenvalue weighted by molar-refractivity contribution is -0.126. The molecule has 2 fully saturated rings.